The summed E-state index contributed by atoms with van der Waals surface area (Å²) in [6.07, 6.45) is 0. The van der Waals surface area contributed by atoms with Crippen molar-refractivity contribution in [3.05, 3.63) is 30.1 Å². The van der Waals surface area contributed by atoms with Crippen LogP contribution in [0.3, 0.4) is 0 Å². The molecule has 17 heavy (non-hydrogen) atoms. The molecule has 1 atom stereocenters. The van der Waals surface area contributed by atoms with Crippen molar-refractivity contribution in [3.63, 3.8) is 0 Å². The number of carbonyl (C=O) groups is 1. The summed E-state index contributed by atoms with van der Waals surface area (Å²) in [5.41, 5.74) is 0.732. The van der Waals surface area contributed by atoms with Gasteiger partial charge in [-0.2, -0.15) is 0 Å². The van der Waals surface area contributed by atoms with Crippen molar-refractivity contribution in [1.82, 2.24) is 5.32 Å². The SMILES string of the molecule is CC(C(=O)N(C)c1ccc(F)cc1)C1CNC1. The highest BCUT2D eigenvalue weighted by Gasteiger charge is 2.30. The predicted octanol–water partition coefficient (Wildman–Crippen LogP) is 1.64. The van der Waals surface area contributed by atoms with Crippen molar-refractivity contribution >= 4 is 11.6 Å². The Kier molecular flexibility index (Phi) is 3.43. The van der Waals surface area contributed by atoms with E-state index in [-0.39, 0.29) is 17.6 Å². The van der Waals surface area contributed by atoms with Gasteiger partial charge in [0.1, 0.15) is 5.82 Å². The Morgan fingerprint density at radius 3 is 2.47 bits per heavy atom. The van der Waals surface area contributed by atoms with Crippen LogP contribution >= 0.6 is 0 Å². The second-order valence-electron chi connectivity index (χ2n) is 4.58. The molecule has 1 fully saturated rings. The van der Waals surface area contributed by atoms with Crippen molar-refractivity contribution in [2.24, 2.45) is 11.8 Å². The highest BCUT2D eigenvalue weighted by molar-refractivity contribution is 5.94. The summed E-state index contributed by atoms with van der Waals surface area (Å²) < 4.78 is 12.8. The third kappa shape index (κ3) is 2.47. The van der Waals surface area contributed by atoms with Gasteiger partial charge in [-0.05, 0) is 43.3 Å². The van der Waals surface area contributed by atoms with Crippen LogP contribution < -0.4 is 10.2 Å². The van der Waals surface area contributed by atoms with Crippen molar-refractivity contribution in [1.29, 1.82) is 0 Å². The molecule has 1 saturated heterocycles. The summed E-state index contributed by atoms with van der Waals surface area (Å²) >= 11 is 0. The fourth-order valence-electron chi connectivity index (χ4n) is 1.96. The quantitative estimate of drug-likeness (QED) is 0.865. The van der Waals surface area contributed by atoms with Crippen molar-refractivity contribution in [3.8, 4) is 0 Å². The largest absolute Gasteiger partial charge is 0.316 e. The van der Waals surface area contributed by atoms with Crippen LogP contribution in [0.25, 0.3) is 0 Å². The van der Waals surface area contributed by atoms with E-state index in [1.165, 1.54) is 12.1 Å². The molecule has 1 amide bonds. The van der Waals surface area contributed by atoms with Gasteiger partial charge in [0.25, 0.3) is 0 Å². The van der Waals surface area contributed by atoms with E-state index in [9.17, 15) is 9.18 Å². The maximum atomic E-state index is 12.8. The van der Waals surface area contributed by atoms with Crippen molar-refractivity contribution in [2.75, 3.05) is 25.0 Å². The average molecular weight is 236 g/mol. The molecule has 0 radical (unpaired) electrons. The monoisotopic (exact) mass is 236 g/mol. The van der Waals surface area contributed by atoms with Crippen LogP contribution in [-0.2, 0) is 4.79 Å². The highest BCUT2D eigenvalue weighted by Crippen LogP contribution is 2.21. The molecule has 92 valence electrons. The molecule has 0 saturated carbocycles. The number of carbonyl (C=O) groups excluding carboxylic acids is 1. The summed E-state index contributed by atoms with van der Waals surface area (Å²) in [5, 5.41) is 3.16. The number of benzene rings is 1. The molecule has 2 rings (SSSR count). The summed E-state index contributed by atoms with van der Waals surface area (Å²) in [6, 6.07) is 5.99. The number of rotatable bonds is 3. The second-order valence-corrected chi connectivity index (χ2v) is 4.58. The normalized spacial score (nSPS) is 17.4. The molecule has 1 N–H and O–H groups in total. The molecule has 1 aromatic rings. The van der Waals surface area contributed by atoms with Gasteiger partial charge in [0, 0.05) is 18.7 Å². The first kappa shape index (κ1) is 12.0. The lowest BCUT2D eigenvalue weighted by atomic mass is 9.88. The number of nitrogens with zero attached hydrogens (tertiary/aromatic N) is 1. The predicted molar refractivity (Wildman–Crippen MR) is 65.3 cm³/mol. The third-order valence-electron chi connectivity index (χ3n) is 3.45. The van der Waals surface area contributed by atoms with E-state index in [1.807, 2.05) is 6.92 Å². The van der Waals surface area contributed by atoms with E-state index in [2.05, 4.69) is 5.32 Å². The maximum Gasteiger partial charge on any atom is 0.229 e. The molecular formula is C13H17FN2O. The van der Waals surface area contributed by atoms with E-state index in [0.717, 1.165) is 18.8 Å². The van der Waals surface area contributed by atoms with Gasteiger partial charge < -0.3 is 10.2 Å². The lowest BCUT2D eigenvalue weighted by Crippen LogP contribution is -2.50. The van der Waals surface area contributed by atoms with Crippen LogP contribution in [-0.4, -0.2) is 26.0 Å². The van der Waals surface area contributed by atoms with Gasteiger partial charge in [-0.1, -0.05) is 6.92 Å². The number of nitrogens with one attached hydrogen (secondary N) is 1. The fourth-order valence-corrected chi connectivity index (χ4v) is 1.96. The first-order valence-corrected chi connectivity index (χ1v) is 5.83. The molecule has 3 nitrogen and oxygen atoms in total. The summed E-state index contributed by atoms with van der Waals surface area (Å²) in [6.45, 7) is 3.77. The zero-order chi connectivity index (χ0) is 12.4. The van der Waals surface area contributed by atoms with Gasteiger partial charge in [-0.3, -0.25) is 4.79 Å². The zero-order valence-corrected chi connectivity index (χ0v) is 10.1. The van der Waals surface area contributed by atoms with Crippen LogP contribution in [0.1, 0.15) is 6.92 Å². The summed E-state index contributed by atoms with van der Waals surface area (Å²) in [7, 11) is 1.73. The topological polar surface area (TPSA) is 32.3 Å². The maximum absolute atomic E-state index is 12.8. The van der Waals surface area contributed by atoms with Crippen molar-refractivity contribution in [2.45, 2.75) is 6.92 Å². The molecule has 1 aromatic carbocycles. The minimum Gasteiger partial charge on any atom is -0.316 e. The molecule has 1 heterocycles. The van der Waals surface area contributed by atoms with E-state index in [0.29, 0.717) is 5.92 Å². The highest BCUT2D eigenvalue weighted by atomic mass is 19.1. The Bertz CT molecular complexity index is 400. The van der Waals surface area contributed by atoms with E-state index < -0.39 is 0 Å². The Labute approximate surface area is 101 Å². The molecule has 4 heteroatoms. The van der Waals surface area contributed by atoms with Gasteiger partial charge in [0.15, 0.2) is 0 Å². The number of halogens is 1. The number of hydrogen-bond donors (Lipinski definition) is 1. The minimum atomic E-state index is -0.286. The first-order valence-electron chi connectivity index (χ1n) is 5.83. The van der Waals surface area contributed by atoms with Crippen LogP contribution in [0.5, 0.6) is 0 Å². The van der Waals surface area contributed by atoms with Crippen molar-refractivity contribution < 1.29 is 9.18 Å². The smallest absolute Gasteiger partial charge is 0.229 e. The fraction of sp³-hybridized carbons (Fsp3) is 0.462. The molecule has 0 aromatic heterocycles. The Hall–Kier alpha value is -1.42. The molecule has 1 aliphatic heterocycles. The molecule has 0 spiro atoms. The molecule has 1 aliphatic rings. The average Bonchev–Trinajstić information content (AvgIpc) is 2.25. The van der Waals surface area contributed by atoms with Gasteiger partial charge in [-0.25, -0.2) is 4.39 Å². The van der Waals surface area contributed by atoms with Gasteiger partial charge in [-0.15, -0.1) is 0 Å². The van der Waals surface area contributed by atoms with E-state index in [4.69, 9.17) is 0 Å². The van der Waals surface area contributed by atoms with E-state index >= 15 is 0 Å². The summed E-state index contributed by atoms with van der Waals surface area (Å²) in [5.74, 6) is 0.227. The van der Waals surface area contributed by atoms with Crippen LogP contribution in [0.2, 0.25) is 0 Å². The molecule has 0 aliphatic carbocycles. The number of amides is 1. The third-order valence-corrected chi connectivity index (χ3v) is 3.45. The Morgan fingerprint density at radius 1 is 1.41 bits per heavy atom. The van der Waals surface area contributed by atoms with Crippen LogP contribution in [0.15, 0.2) is 24.3 Å². The lowest BCUT2D eigenvalue weighted by molar-refractivity contribution is -0.123. The molecule has 1 unspecified atom stereocenters. The minimum absolute atomic E-state index is 0.00584. The zero-order valence-electron chi connectivity index (χ0n) is 10.1. The van der Waals surface area contributed by atoms with Crippen LogP contribution in [0.4, 0.5) is 10.1 Å². The van der Waals surface area contributed by atoms with Crippen LogP contribution in [0, 0.1) is 17.7 Å². The molecular weight excluding hydrogens is 219 g/mol. The first-order chi connectivity index (χ1) is 8.09. The van der Waals surface area contributed by atoms with Gasteiger partial charge in [0.05, 0.1) is 0 Å². The van der Waals surface area contributed by atoms with E-state index in [1.54, 1.807) is 24.1 Å². The van der Waals surface area contributed by atoms with Gasteiger partial charge in [0.2, 0.25) is 5.91 Å². The lowest BCUT2D eigenvalue weighted by Gasteiger charge is -2.33. The molecule has 0 bridgehead atoms. The Morgan fingerprint density at radius 2 is 2.00 bits per heavy atom. The summed E-state index contributed by atoms with van der Waals surface area (Å²) in [4.78, 5) is 13.8. The second kappa shape index (κ2) is 4.84. The number of anilines is 1. The van der Waals surface area contributed by atoms with Gasteiger partial charge >= 0.3 is 0 Å². The standard InChI is InChI=1S/C13H17FN2O/c1-9(10-7-15-8-10)13(17)16(2)12-5-3-11(14)4-6-12/h3-6,9-10,15H,7-8H2,1-2H3. The number of hydrogen-bond acceptors (Lipinski definition) is 2. The Balaban J connectivity index is 2.05.